The van der Waals surface area contributed by atoms with E-state index in [1.165, 1.54) is 11.8 Å². The Morgan fingerprint density at radius 2 is 2.00 bits per heavy atom. The predicted molar refractivity (Wildman–Crippen MR) is 92.7 cm³/mol. The minimum Gasteiger partial charge on any atom is -0.394 e. The number of nitrogens with one attached hydrogen (secondary N) is 1. The Balaban J connectivity index is 1.86. The van der Waals surface area contributed by atoms with Gasteiger partial charge >= 0.3 is 5.69 Å². The van der Waals surface area contributed by atoms with Crippen LogP contribution < -0.4 is 5.69 Å². The molecule has 1 aliphatic heterocycles. The van der Waals surface area contributed by atoms with Gasteiger partial charge in [0.25, 0.3) is 0 Å². The number of aliphatic hydroxyl groups is 3. The molecule has 4 N–H and O–H groups in total. The maximum absolute atomic E-state index is 12.1. The number of H-pyrrole nitrogens is 1. The lowest BCUT2D eigenvalue weighted by atomic mass is 10.1. The number of nitrogens with zero attached hydrogens (tertiary/aromatic N) is 2. The molecule has 1 aromatic carbocycles. The lowest BCUT2D eigenvalue weighted by Crippen LogP contribution is -2.37. The van der Waals surface area contributed by atoms with Gasteiger partial charge in [0.15, 0.2) is 11.3 Å². The molecule has 0 aliphatic carbocycles. The minimum atomic E-state index is -1.39. The van der Waals surface area contributed by atoms with Gasteiger partial charge in [-0.2, -0.15) is 9.78 Å². The summed E-state index contributed by atoms with van der Waals surface area (Å²) >= 11 is 6.48. The van der Waals surface area contributed by atoms with E-state index in [0.29, 0.717) is 10.8 Å². The highest BCUT2D eigenvalue weighted by Crippen LogP contribution is 2.28. The van der Waals surface area contributed by atoms with Crippen LogP contribution in [0.2, 0.25) is 0 Å². The van der Waals surface area contributed by atoms with Crippen LogP contribution in [0.25, 0.3) is 0 Å². The quantitative estimate of drug-likeness (QED) is 0.427. The average Bonchev–Trinajstić information content (AvgIpc) is 2.90. The highest BCUT2D eigenvalue weighted by molar-refractivity contribution is 7.98. The molecule has 1 fully saturated rings. The normalized spacial score (nSPS) is 26.0. The molecule has 0 saturated carbocycles. The molecule has 1 aromatic heterocycles. The lowest BCUT2D eigenvalue weighted by Gasteiger charge is -2.16. The van der Waals surface area contributed by atoms with Gasteiger partial charge in [-0.15, -0.1) is 0 Å². The van der Waals surface area contributed by atoms with Crippen molar-refractivity contribution >= 4 is 24.0 Å². The van der Waals surface area contributed by atoms with Crippen LogP contribution in [-0.2, 0) is 10.5 Å². The summed E-state index contributed by atoms with van der Waals surface area (Å²) in [7, 11) is 0. The molecular weight excluding hydrogens is 366 g/mol. The van der Waals surface area contributed by atoms with Crippen molar-refractivity contribution in [1.82, 2.24) is 14.8 Å². The number of hydrogen-bond acceptors (Lipinski definition) is 8. The van der Waals surface area contributed by atoms with E-state index in [9.17, 15) is 15.0 Å². The fourth-order valence-electron chi connectivity index (χ4n) is 2.47. The van der Waals surface area contributed by atoms with Crippen LogP contribution in [0.1, 0.15) is 11.8 Å². The summed E-state index contributed by atoms with van der Waals surface area (Å²) < 4.78 is 6.45. The topological polar surface area (TPSA) is 121 Å². The van der Waals surface area contributed by atoms with Crippen LogP contribution in [0.5, 0.6) is 0 Å². The molecule has 0 bridgehead atoms. The molecular formula is C15H17N3O5S2. The number of aromatic amines is 1. The number of thioether (sulfide) groups is 1. The smallest absolute Gasteiger partial charge is 0.345 e. The molecule has 2 aromatic rings. The van der Waals surface area contributed by atoms with Gasteiger partial charge in [0.1, 0.15) is 23.0 Å². The number of rotatable bonds is 5. The third-order valence-corrected chi connectivity index (χ3v) is 5.26. The summed E-state index contributed by atoms with van der Waals surface area (Å²) in [5.74, 6) is 0.597. The SMILES string of the molecule is O=c1[nH]c(=S)c(SCc2ccccc2)nn1[C@H]1O[C@@H](CO)[C@@H](O)[C@H]1O. The van der Waals surface area contributed by atoms with Crippen molar-refractivity contribution in [3.63, 3.8) is 0 Å². The first kappa shape index (κ1) is 18.2. The van der Waals surface area contributed by atoms with Gasteiger partial charge in [-0.05, 0) is 5.56 Å². The Kier molecular flexibility index (Phi) is 5.67. The summed E-state index contributed by atoms with van der Waals surface area (Å²) in [6.07, 6.45) is -4.90. The fourth-order valence-corrected chi connectivity index (χ4v) is 3.60. The van der Waals surface area contributed by atoms with Gasteiger partial charge < -0.3 is 20.1 Å². The monoisotopic (exact) mass is 383 g/mol. The Hall–Kier alpha value is -1.56. The number of ether oxygens (including phenoxy) is 1. The maximum Gasteiger partial charge on any atom is 0.345 e. The van der Waals surface area contributed by atoms with E-state index in [-0.39, 0.29) is 4.64 Å². The number of aromatic nitrogens is 3. The highest BCUT2D eigenvalue weighted by Gasteiger charge is 2.44. The molecule has 0 spiro atoms. The van der Waals surface area contributed by atoms with Gasteiger partial charge in [0.2, 0.25) is 0 Å². The maximum atomic E-state index is 12.1. The van der Waals surface area contributed by atoms with Crippen molar-refractivity contribution in [2.45, 2.75) is 35.3 Å². The van der Waals surface area contributed by atoms with Crippen molar-refractivity contribution in [2.75, 3.05) is 6.61 Å². The van der Waals surface area contributed by atoms with E-state index < -0.39 is 36.8 Å². The Labute approximate surface area is 152 Å². The van der Waals surface area contributed by atoms with Crippen molar-refractivity contribution in [3.05, 3.63) is 51.0 Å². The molecule has 10 heteroatoms. The Bertz CT molecular complexity index is 841. The zero-order chi connectivity index (χ0) is 18.0. The van der Waals surface area contributed by atoms with Crippen LogP contribution in [0, 0.1) is 4.64 Å². The summed E-state index contributed by atoms with van der Waals surface area (Å²) in [5.41, 5.74) is 0.401. The molecule has 1 aliphatic rings. The number of hydrogen-bond donors (Lipinski definition) is 4. The lowest BCUT2D eigenvalue weighted by molar-refractivity contribution is -0.0626. The van der Waals surface area contributed by atoms with Crippen LogP contribution in [0.4, 0.5) is 0 Å². The van der Waals surface area contributed by atoms with Crippen LogP contribution in [0.3, 0.4) is 0 Å². The molecule has 2 heterocycles. The first-order chi connectivity index (χ1) is 12.0. The zero-order valence-electron chi connectivity index (χ0n) is 13.0. The molecule has 1 saturated heterocycles. The summed E-state index contributed by atoms with van der Waals surface area (Å²) in [6, 6.07) is 9.68. The Morgan fingerprint density at radius 3 is 2.64 bits per heavy atom. The highest BCUT2D eigenvalue weighted by atomic mass is 32.2. The van der Waals surface area contributed by atoms with Gasteiger partial charge in [-0.1, -0.05) is 54.3 Å². The number of aliphatic hydroxyl groups excluding tert-OH is 3. The van der Waals surface area contributed by atoms with Gasteiger partial charge in [-0.25, -0.2) is 4.79 Å². The first-order valence-electron chi connectivity index (χ1n) is 7.53. The standard InChI is InChI=1S/C15H17N3O5S2/c19-6-9-10(20)11(21)14(23-9)18-15(22)16-12(24)13(17-18)25-7-8-4-2-1-3-5-8/h1-5,9-11,14,19-21H,6-7H2,(H,16,22,24)/t9-,10+,11+,14-/m0/s1. The van der Waals surface area contributed by atoms with Gasteiger partial charge in [0.05, 0.1) is 6.61 Å². The minimum absolute atomic E-state index is 0.189. The largest absolute Gasteiger partial charge is 0.394 e. The van der Waals surface area contributed by atoms with Gasteiger partial charge in [-0.3, -0.25) is 4.98 Å². The molecule has 0 unspecified atom stereocenters. The second-order valence-electron chi connectivity index (χ2n) is 5.51. The summed E-state index contributed by atoms with van der Waals surface area (Å²) in [5, 5.41) is 33.7. The molecule has 25 heavy (non-hydrogen) atoms. The second kappa shape index (κ2) is 7.77. The molecule has 3 rings (SSSR count). The van der Waals surface area contributed by atoms with E-state index in [1.54, 1.807) is 0 Å². The van der Waals surface area contributed by atoms with Crippen molar-refractivity contribution in [3.8, 4) is 0 Å². The summed E-state index contributed by atoms with van der Waals surface area (Å²) in [6.45, 7) is -0.484. The van der Waals surface area contributed by atoms with Crippen LogP contribution in [-0.4, -0.2) is 55.0 Å². The zero-order valence-corrected chi connectivity index (χ0v) is 14.6. The number of benzene rings is 1. The van der Waals surface area contributed by atoms with Crippen molar-refractivity contribution in [1.29, 1.82) is 0 Å². The third kappa shape index (κ3) is 3.84. The molecule has 8 nitrogen and oxygen atoms in total. The van der Waals surface area contributed by atoms with Crippen molar-refractivity contribution in [2.24, 2.45) is 0 Å². The second-order valence-corrected chi connectivity index (χ2v) is 6.88. The van der Waals surface area contributed by atoms with E-state index in [1.807, 2.05) is 30.3 Å². The first-order valence-corrected chi connectivity index (χ1v) is 8.93. The predicted octanol–water partition coefficient (Wildman–Crippen LogP) is 0.205. The average molecular weight is 383 g/mol. The molecule has 4 atom stereocenters. The molecule has 134 valence electrons. The summed E-state index contributed by atoms with van der Waals surface area (Å²) in [4.78, 5) is 14.6. The van der Waals surface area contributed by atoms with Crippen LogP contribution in [0.15, 0.2) is 40.2 Å². The fraction of sp³-hybridized carbons (Fsp3) is 0.400. The Morgan fingerprint density at radius 1 is 1.28 bits per heavy atom. The van der Waals surface area contributed by atoms with E-state index in [2.05, 4.69) is 10.1 Å². The molecule has 0 amide bonds. The molecule has 0 radical (unpaired) electrons. The van der Waals surface area contributed by atoms with Crippen LogP contribution >= 0.6 is 24.0 Å². The van der Waals surface area contributed by atoms with E-state index >= 15 is 0 Å². The van der Waals surface area contributed by atoms with E-state index in [0.717, 1.165) is 10.2 Å². The van der Waals surface area contributed by atoms with Gasteiger partial charge in [0, 0.05) is 5.75 Å². The van der Waals surface area contributed by atoms with E-state index in [4.69, 9.17) is 22.1 Å². The third-order valence-electron chi connectivity index (χ3n) is 3.80. The van der Waals surface area contributed by atoms with Crippen molar-refractivity contribution < 1.29 is 20.1 Å².